The highest BCUT2D eigenvalue weighted by atomic mass is 15.2. The summed E-state index contributed by atoms with van der Waals surface area (Å²) in [6, 6.07) is 10.3. The van der Waals surface area contributed by atoms with Crippen molar-refractivity contribution in [3.63, 3.8) is 0 Å². The first-order valence-electron chi connectivity index (χ1n) is 6.70. The maximum absolute atomic E-state index is 5.87. The molecule has 2 aromatic rings. The first-order valence-corrected chi connectivity index (χ1v) is 6.70. The molecule has 0 saturated heterocycles. The van der Waals surface area contributed by atoms with Gasteiger partial charge in [-0.1, -0.05) is 39.0 Å². The number of aromatic nitrogens is 1. The molecule has 1 heterocycles. The monoisotopic (exact) mass is 257 g/mol. The van der Waals surface area contributed by atoms with Crippen LogP contribution in [0, 0.1) is 5.41 Å². The van der Waals surface area contributed by atoms with Crippen molar-refractivity contribution in [2.24, 2.45) is 11.1 Å². The van der Waals surface area contributed by atoms with E-state index in [1.165, 1.54) is 0 Å². The minimum atomic E-state index is 0.241. The molecule has 0 aliphatic heterocycles. The molecule has 0 atom stereocenters. The van der Waals surface area contributed by atoms with Crippen LogP contribution in [0.5, 0.6) is 0 Å². The van der Waals surface area contributed by atoms with E-state index in [1.807, 2.05) is 18.2 Å². The topological polar surface area (TPSA) is 42.1 Å². The highest BCUT2D eigenvalue weighted by molar-refractivity contribution is 5.84. The first-order chi connectivity index (χ1) is 8.90. The first kappa shape index (κ1) is 13.8. The molecule has 2 rings (SSSR count). The van der Waals surface area contributed by atoms with Gasteiger partial charge in [-0.3, -0.25) is 0 Å². The van der Waals surface area contributed by atoms with Gasteiger partial charge >= 0.3 is 0 Å². The second kappa shape index (κ2) is 5.17. The zero-order chi connectivity index (χ0) is 14.0. The van der Waals surface area contributed by atoms with Crippen molar-refractivity contribution in [1.82, 2.24) is 4.98 Å². The zero-order valence-corrected chi connectivity index (χ0v) is 12.3. The Hall–Kier alpha value is -1.61. The van der Waals surface area contributed by atoms with Gasteiger partial charge < -0.3 is 10.6 Å². The van der Waals surface area contributed by atoms with Gasteiger partial charge in [0, 0.05) is 25.5 Å². The molecule has 0 aliphatic carbocycles. The molecule has 19 heavy (non-hydrogen) atoms. The predicted octanol–water partition coefficient (Wildman–Crippen LogP) is 3.18. The predicted molar refractivity (Wildman–Crippen MR) is 82.4 cm³/mol. The summed E-state index contributed by atoms with van der Waals surface area (Å²) in [6.45, 7) is 8.19. The number of hydrogen-bond donors (Lipinski definition) is 1. The molecule has 0 spiro atoms. The van der Waals surface area contributed by atoms with Gasteiger partial charge in [0.15, 0.2) is 0 Å². The van der Waals surface area contributed by atoms with Gasteiger partial charge in [-0.05, 0) is 23.1 Å². The molecule has 0 fully saturated rings. The van der Waals surface area contributed by atoms with Crippen molar-refractivity contribution in [2.75, 3.05) is 18.5 Å². The fourth-order valence-electron chi connectivity index (χ4n) is 2.39. The Morgan fingerprint density at radius 3 is 2.53 bits per heavy atom. The zero-order valence-electron chi connectivity index (χ0n) is 12.3. The van der Waals surface area contributed by atoms with E-state index in [-0.39, 0.29) is 5.41 Å². The third-order valence-corrected chi connectivity index (χ3v) is 3.11. The number of pyridine rings is 1. The highest BCUT2D eigenvalue weighted by Crippen LogP contribution is 2.24. The Labute approximate surface area is 115 Å². The molecule has 0 aliphatic rings. The maximum atomic E-state index is 5.87. The highest BCUT2D eigenvalue weighted by Gasteiger charge is 2.15. The van der Waals surface area contributed by atoms with Crippen LogP contribution in [0.1, 0.15) is 26.3 Å². The van der Waals surface area contributed by atoms with E-state index in [0.717, 1.165) is 28.8 Å². The molecule has 0 bridgehead atoms. The second-order valence-corrected chi connectivity index (χ2v) is 6.28. The second-order valence-electron chi connectivity index (χ2n) is 6.28. The third kappa shape index (κ3) is 3.24. The Kier molecular flexibility index (Phi) is 3.76. The molecule has 0 radical (unpaired) electrons. The number of rotatable bonds is 3. The van der Waals surface area contributed by atoms with E-state index in [4.69, 9.17) is 10.7 Å². The number of benzene rings is 1. The fraction of sp³-hybridized carbons (Fsp3) is 0.438. The van der Waals surface area contributed by atoms with E-state index in [1.54, 1.807) is 0 Å². The van der Waals surface area contributed by atoms with Crippen molar-refractivity contribution in [3.05, 3.63) is 35.9 Å². The maximum Gasteiger partial charge on any atom is 0.129 e. The molecule has 0 saturated carbocycles. The lowest BCUT2D eigenvalue weighted by Gasteiger charge is -2.28. The smallest absolute Gasteiger partial charge is 0.129 e. The van der Waals surface area contributed by atoms with Gasteiger partial charge in [-0.2, -0.15) is 0 Å². The molecule has 102 valence electrons. The summed E-state index contributed by atoms with van der Waals surface area (Å²) in [4.78, 5) is 6.94. The van der Waals surface area contributed by atoms with Crippen molar-refractivity contribution < 1.29 is 0 Å². The molecule has 1 aromatic carbocycles. The number of para-hydroxylation sites is 1. The molecule has 0 amide bonds. The van der Waals surface area contributed by atoms with Gasteiger partial charge in [0.1, 0.15) is 5.82 Å². The van der Waals surface area contributed by atoms with Gasteiger partial charge in [0.25, 0.3) is 0 Å². The van der Waals surface area contributed by atoms with Crippen LogP contribution in [0.15, 0.2) is 30.3 Å². The molecule has 1 aromatic heterocycles. The van der Waals surface area contributed by atoms with E-state index < -0.39 is 0 Å². The Balaban J connectivity index is 2.44. The SMILES string of the molecule is CN(CC(C)(C)C)c1cc(CN)c2ccccc2n1. The van der Waals surface area contributed by atoms with Crippen molar-refractivity contribution in [3.8, 4) is 0 Å². The van der Waals surface area contributed by atoms with Crippen LogP contribution in [-0.2, 0) is 6.54 Å². The van der Waals surface area contributed by atoms with Crippen LogP contribution in [0.2, 0.25) is 0 Å². The molecule has 2 N–H and O–H groups in total. The fourth-order valence-corrected chi connectivity index (χ4v) is 2.39. The molecular formula is C16H23N3. The van der Waals surface area contributed by atoms with Crippen LogP contribution < -0.4 is 10.6 Å². The van der Waals surface area contributed by atoms with Gasteiger partial charge in [-0.25, -0.2) is 4.98 Å². The number of nitrogens with two attached hydrogens (primary N) is 1. The van der Waals surface area contributed by atoms with Crippen LogP contribution in [0.3, 0.4) is 0 Å². The molecule has 3 heteroatoms. The van der Waals surface area contributed by atoms with Crippen molar-refractivity contribution in [1.29, 1.82) is 0 Å². The van der Waals surface area contributed by atoms with Gasteiger partial charge in [-0.15, -0.1) is 0 Å². The minimum Gasteiger partial charge on any atom is -0.359 e. The van der Waals surface area contributed by atoms with Crippen LogP contribution >= 0.6 is 0 Å². The Morgan fingerprint density at radius 1 is 1.21 bits per heavy atom. The average Bonchev–Trinajstić information content (AvgIpc) is 2.35. The summed E-state index contributed by atoms with van der Waals surface area (Å²) in [5.74, 6) is 0.995. The molecule has 0 unspecified atom stereocenters. The summed E-state index contributed by atoms with van der Waals surface area (Å²) in [7, 11) is 2.09. The third-order valence-electron chi connectivity index (χ3n) is 3.11. The Bertz CT molecular complexity index is 570. The summed E-state index contributed by atoms with van der Waals surface area (Å²) in [5, 5.41) is 1.15. The Morgan fingerprint density at radius 2 is 1.89 bits per heavy atom. The number of hydrogen-bond acceptors (Lipinski definition) is 3. The summed E-state index contributed by atoms with van der Waals surface area (Å²) >= 11 is 0. The molecular weight excluding hydrogens is 234 g/mol. The van der Waals surface area contributed by atoms with Crippen LogP contribution in [0.4, 0.5) is 5.82 Å². The van der Waals surface area contributed by atoms with E-state index in [0.29, 0.717) is 6.54 Å². The lowest BCUT2D eigenvalue weighted by molar-refractivity contribution is 0.418. The van der Waals surface area contributed by atoms with E-state index >= 15 is 0 Å². The number of fused-ring (bicyclic) bond motifs is 1. The van der Waals surface area contributed by atoms with E-state index in [9.17, 15) is 0 Å². The van der Waals surface area contributed by atoms with Gasteiger partial charge in [0.05, 0.1) is 5.52 Å². The van der Waals surface area contributed by atoms with Crippen LogP contribution in [0.25, 0.3) is 10.9 Å². The number of nitrogens with zero attached hydrogens (tertiary/aromatic N) is 2. The lowest BCUT2D eigenvalue weighted by atomic mass is 9.96. The summed E-state index contributed by atoms with van der Waals surface area (Å²) in [5.41, 5.74) is 8.28. The largest absolute Gasteiger partial charge is 0.359 e. The van der Waals surface area contributed by atoms with Gasteiger partial charge in [0.2, 0.25) is 0 Å². The quantitative estimate of drug-likeness (QED) is 0.918. The summed E-state index contributed by atoms with van der Waals surface area (Å²) in [6.07, 6.45) is 0. The lowest BCUT2D eigenvalue weighted by Crippen LogP contribution is -2.29. The standard InChI is InChI=1S/C16H23N3/c1-16(2,3)11-19(4)15-9-12(10-17)13-7-5-6-8-14(13)18-15/h5-9H,10-11,17H2,1-4H3. The number of anilines is 1. The van der Waals surface area contributed by atoms with E-state index in [2.05, 4.69) is 44.9 Å². The molecule has 3 nitrogen and oxygen atoms in total. The normalized spacial score (nSPS) is 11.8. The minimum absolute atomic E-state index is 0.241. The average molecular weight is 257 g/mol. The summed E-state index contributed by atoms with van der Waals surface area (Å²) < 4.78 is 0. The van der Waals surface area contributed by atoms with Crippen molar-refractivity contribution >= 4 is 16.7 Å². The van der Waals surface area contributed by atoms with Crippen molar-refractivity contribution in [2.45, 2.75) is 27.3 Å². The van der Waals surface area contributed by atoms with Crippen LogP contribution in [-0.4, -0.2) is 18.6 Å².